The van der Waals surface area contributed by atoms with Gasteiger partial charge in [-0.25, -0.2) is 4.98 Å². The van der Waals surface area contributed by atoms with E-state index >= 15 is 0 Å². The lowest BCUT2D eigenvalue weighted by Gasteiger charge is -2.08. The molecule has 94 valence electrons. The van der Waals surface area contributed by atoms with Crippen LogP contribution in [0.3, 0.4) is 0 Å². The van der Waals surface area contributed by atoms with Crippen LogP contribution in [0.1, 0.15) is 0 Å². The van der Waals surface area contributed by atoms with E-state index in [-0.39, 0.29) is 24.9 Å². The number of carbonyl (C=O) groups is 1. The lowest BCUT2D eigenvalue weighted by atomic mass is 10.3. The lowest BCUT2D eigenvalue weighted by Crippen LogP contribution is -2.39. The first-order chi connectivity index (χ1) is 7.70. The number of nitrogens with two attached hydrogens (primary N) is 1. The summed E-state index contributed by atoms with van der Waals surface area (Å²) in [6.07, 6.45) is 0. The summed E-state index contributed by atoms with van der Waals surface area (Å²) in [7, 11) is 1.51. The Labute approximate surface area is 112 Å². The number of ether oxygens (including phenoxy) is 1. The molecule has 3 N–H and O–H groups in total. The third-order valence-corrected chi connectivity index (χ3v) is 3.95. The van der Waals surface area contributed by atoms with Gasteiger partial charge in [0.15, 0.2) is 5.13 Å². The molecule has 0 aliphatic heterocycles. The van der Waals surface area contributed by atoms with Crippen LogP contribution in [0.5, 0.6) is 0 Å². The fourth-order valence-electron chi connectivity index (χ4n) is 1.17. The first-order valence-corrected chi connectivity index (χ1v) is 6.29. The number of methoxy groups -OCH3 is 1. The van der Waals surface area contributed by atoms with Crippen LogP contribution in [0.2, 0.25) is 0 Å². The molecule has 1 unspecified atom stereocenters. The van der Waals surface area contributed by atoms with Gasteiger partial charge in [0.05, 0.1) is 12.1 Å². The third-order valence-electron chi connectivity index (χ3n) is 1.93. The van der Waals surface area contributed by atoms with E-state index < -0.39 is 6.04 Å². The normalized spacial score (nSPS) is 12.1. The predicted molar refractivity (Wildman–Crippen MR) is 73.2 cm³/mol. The number of fused-ring (bicyclic) bond motifs is 1. The molecule has 5 nitrogen and oxygen atoms in total. The van der Waals surface area contributed by atoms with Crippen molar-refractivity contribution in [1.82, 2.24) is 4.98 Å². The van der Waals surface area contributed by atoms with Crippen LogP contribution in [-0.2, 0) is 9.53 Å². The zero-order valence-electron chi connectivity index (χ0n) is 9.00. The number of hydrogen-bond donors (Lipinski definition) is 2. The standard InChI is InChI=1S/C9H11N3O2S2.ClH/c1-14-4-5(10)7(13)12-9-11-6-2-3-15-8(6)16-9;/h2-3,5H,4,10H2,1H3,(H,11,12,13);1H. The minimum atomic E-state index is -0.660. The van der Waals surface area contributed by atoms with Gasteiger partial charge in [0, 0.05) is 7.11 Å². The molecule has 2 rings (SSSR count). The highest BCUT2D eigenvalue weighted by Crippen LogP contribution is 2.30. The van der Waals surface area contributed by atoms with E-state index in [4.69, 9.17) is 10.5 Å². The SMILES string of the molecule is COCC(N)C(=O)Nc1nc2ccsc2s1.Cl. The van der Waals surface area contributed by atoms with Crippen molar-refractivity contribution in [3.05, 3.63) is 11.4 Å². The van der Waals surface area contributed by atoms with Gasteiger partial charge in [-0.1, -0.05) is 11.3 Å². The smallest absolute Gasteiger partial charge is 0.245 e. The summed E-state index contributed by atoms with van der Waals surface area (Å²) in [5.41, 5.74) is 6.50. The maximum absolute atomic E-state index is 11.6. The van der Waals surface area contributed by atoms with Gasteiger partial charge < -0.3 is 15.8 Å². The molecule has 0 bridgehead atoms. The van der Waals surface area contributed by atoms with Crippen LogP contribution in [0.4, 0.5) is 5.13 Å². The average molecular weight is 294 g/mol. The van der Waals surface area contributed by atoms with Crippen molar-refractivity contribution in [3.8, 4) is 0 Å². The molecule has 0 saturated carbocycles. The van der Waals surface area contributed by atoms with Crippen molar-refractivity contribution in [2.24, 2.45) is 5.73 Å². The number of nitrogens with zero attached hydrogens (tertiary/aromatic N) is 1. The molecule has 0 aromatic carbocycles. The molecule has 2 aromatic rings. The molecule has 8 heteroatoms. The van der Waals surface area contributed by atoms with E-state index in [2.05, 4.69) is 10.3 Å². The Morgan fingerprint density at radius 1 is 1.71 bits per heavy atom. The Morgan fingerprint density at radius 3 is 3.12 bits per heavy atom. The first-order valence-electron chi connectivity index (χ1n) is 4.60. The molecular weight excluding hydrogens is 282 g/mol. The molecule has 0 aliphatic carbocycles. The van der Waals surface area contributed by atoms with Gasteiger partial charge in [-0.2, -0.15) is 0 Å². The fraction of sp³-hybridized carbons (Fsp3) is 0.333. The van der Waals surface area contributed by atoms with E-state index in [1.54, 1.807) is 11.3 Å². The third kappa shape index (κ3) is 3.36. The van der Waals surface area contributed by atoms with Crippen LogP contribution in [0.15, 0.2) is 11.4 Å². The number of amides is 1. The van der Waals surface area contributed by atoms with Gasteiger partial charge in [-0.05, 0) is 11.4 Å². The van der Waals surface area contributed by atoms with Crippen molar-refractivity contribution >= 4 is 55.6 Å². The summed E-state index contributed by atoms with van der Waals surface area (Å²) < 4.78 is 5.90. The van der Waals surface area contributed by atoms with Crippen LogP contribution >= 0.6 is 35.1 Å². The zero-order chi connectivity index (χ0) is 11.5. The molecule has 0 saturated heterocycles. The maximum Gasteiger partial charge on any atom is 0.245 e. The first kappa shape index (κ1) is 14.3. The second-order valence-corrected chi connectivity index (χ2v) is 5.34. The van der Waals surface area contributed by atoms with Crippen molar-refractivity contribution in [2.45, 2.75) is 6.04 Å². The summed E-state index contributed by atoms with van der Waals surface area (Å²) >= 11 is 3.05. The number of carbonyl (C=O) groups excluding carboxylic acids is 1. The number of aromatic nitrogens is 1. The second kappa shape index (κ2) is 6.27. The predicted octanol–water partition coefficient (Wildman–Crippen LogP) is 1.69. The van der Waals surface area contributed by atoms with E-state index in [1.807, 2.05) is 11.4 Å². The Balaban J connectivity index is 0.00000144. The van der Waals surface area contributed by atoms with Crippen LogP contribution < -0.4 is 11.1 Å². The van der Waals surface area contributed by atoms with E-state index in [9.17, 15) is 4.79 Å². The second-order valence-electron chi connectivity index (χ2n) is 3.16. The monoisotopic (exact) mass is 293 g/mol. The van der Waals surface area contributed by atoms with Crippen LogP contribution in [0.25, 0.3) is 9.53 Å². The minimum Gasteiger partial charge on any atom is -0.383 e. The van der Waals surface area contributed by atoms with Crippen LogP contribution in [0, 0.1) is 0 Å². The molecule has 1 amide bonds. The van der Waals surface area contributed by atoms with Crippen molar-refractivity contribution < 1.29 is 9.53 Å². The number of thiazole rings is 1. The minimum absolute atomic E-state index is 0. The fourth-order valence-corrected chi connectivity index (χ4v) is 3.02. The highest BCUT2D eigenvalue weighted by molar-refractivity contribution is 7.39. The van der Waals surface area contributed by atoms with Crippen molar-refractivity contribution in [3.63, 3.8) is 0 Å². The number of rotatable bonds is 4. The summed E-state index contributed by atoms with van der Waals surface area (Å²) in [4.78, 5) is 15.8. The Morgan fingerprint density at radius 2 is 2.47 bits per heavy atom. The Hall–Kier alpha value is -0.730. The number of halogens is 1. The molecule has 1 atom stereocenters. The lowest BCUT2D eigenvalue weighted by molar-refractivity contribution is -0.118. The van der Waals surface area contributed by atoms with Gasteiger partial charge >= 0.3 is 0 Å². The van der Waals surface area contributed by atoms with E-state index in [1.165, 1.54) is 18.4 Å². The van der Waals surface area contributed by atoms with Crippen molar-refractivity contribution in [1.29, 1.82) is 0 Å². The van der Waals surface area contributed by atoms with Gasteiger partial charge in [-0.15, -0.1) is 23.7 Å². The summed E-state index contributed by atoms with van der Waals surface area (Å²) in [5.74, 6) is -0.275. The summed E-state index contributed by atoms with van der Waals surface area (Å²) in [6.45, 7) is 0.200. The number of anilines is 1. The van der Waals surface area contributed by atoms with E-state index in [0.717, 1.165) is 9.53 Å². The summed E-state index contributed by atoms with van der Waals surface area (Å²) in [6, 6.07) is 1.26. The van der Waals surface area contributed by atoms with Crippen molar-refractivity contribution in [2.75, 3.05) is 19.0 Å². The number of thiophene rings is 1. The molecule has 17 heavy (non-hydrogen) atoms. The topological polar surface area (TPSA) is 77.2 Å². The highest BCUT2D eigenvalue weighted by atomic mass is 35.5. The zero-order valence-corrected chi connectivity index (χ0v) is 11.5. The summed E-state index contributed by atoms with van der Waals surface area (Å²) in [5, 5.41) is 5.22. The average Bonchev–Trinajstić information content (AvgIpc) is 2.78. The van der Waals surface area contributed by atoms with Gasteiger partial charge in [0.25, 0.3) is 0 Å². The van der Waals surface area contributed by atoms with Crippen LogP contribution in [-0.4, -0.2) is 30.6 Å². The quantitative estimate of drug-likeness (QED) is 0.899. The molecule has 0 aliphatic rings. The van der Waals surface area contributed by atoms with Gasteiger partial charge in [0.2, 0.25) is 5.91 Å². The Bertz CT molecular complexity index is 471. The van der Waals surface area contributed by atoms with Gasteiger partial charge in [0.1, 0.15) is 10.1 Å². The molecule has 0 radical (unpaired) electrons. The number of hydrogen-bond acceptors (Lipinski definition) is 6. The molecule has 2 heterocycles. The molecule has 0 spiro atoms. The highest BCUT2D eigenvalue weighted by Gasteiger charge is 2.15. The molecular formula is C9H12ClN3O2S2. The number of nitrogens with one attached hydrogen (secondary N) is 1. The van der Waals surface area contributed by atoms with Gasteiger partial charge in [-0.3, -0.25) is 4.79 Å². The molecule has 0 fully saturated rings. The Kier molecular flexibility index (Phi) is 5.29. The maximum atomic E-state index is 11.6. The largest absolute Gasteiger partial charge is 0.383 e. The van der Waals surface area contributed by atoms with E-state index in [0.29, 0.717) is 5.13 Å². The molecule has 2 aromatic heterocycles.